The van der Waals surface area contributed by atoms with Gasteiger partial charge in [-0.3, -0.25) is 0 Å². The van der Waals surface area contributed by atoms with Crippen molar-refractivity contribution in [3.05, 3.63) is 23.0 Å². The van der Waals surface area contributed by atoms with Gasteiger partial charge in [0.1, 0.15) is 11.2 Å². The number of halogens is 1. The third-order valence-corrected chi connectivity index (χ3v) is 1.36. The lowest BCUT2D eigenvalue weighted by atomic mass is 10.3. The molecule has 0 aliphatic heterocycles. The van der Waals surface area contributed by atoms with Gasteiger partial charge in [-0.1, -0.05) is 11.6 Å². The molecule has 0 fully saturated rings. The Balaban J connectivity index is 3.19. The van der Waals surface area contributed by atoms with Crippen molar-refractivity contribution in [1.29, 1.82) is 5.26 Å². The monoisotopic (exact) mass is 168 g/mol. The van der Waals surface area contributed by atoms with E-state index in [4.69, 9.17) is 21.6 Å². The molecule has 0 aliphatic rings. The van der Waals surface area contributed by atoms with Crippen molar-refractivity contribution < 1.29 is 4.74 Å². The van der Waals surface area contributed by atoms with Crippen molar-refractivity contribution in [2.75, 3.05) is 7.11 Å². The molecule has 1 aromatic heterocycles. The van der Waals surface area contributed by atoms with Crippen LogP contribution in [0.5, 0.6) is 5.75 Å². The number of nitriles is 1. The van der Waals surface area contributed by atoms with E-state index in [1.807, 2.05) is 6.07 Å². The van der Waals surface area contributed by atoms with E-state index in [1.165, 1.54) is 7.11 Å². The van der Waals surface area contributed by atoms with Crippen LogP contribution in [-0.4, -0.2) is 12.1 Å². The summed E-state index contributed by atoms with van der Waals surface area (Å²) in [5.74, 6) is 0.442. The Kier molecular flexibility index (Phi) is 2.29. The summed E-state index contributed by atoms with van der Waals surface area (Å²) < 4.78 is 4.85. The molecule has 0 aliphatic carbocycles. The van der Waals surface area contributed by atoms with Gasteiger partial charge < -0.3 is 4.74 Å². The summed E-state index contributed by atoms with van der Waals surface area (Å²) >= 11 is 5.53. The second kappa shape index (κ2) is 3.22. The van der Waals surface area contributed by atoms with Crippen LogP contribution in [0.25, 0.3) is 0 Å². The van der Waals surface area contributed by atoms with Gasteiger partial charge in [-0.2, -0.15) is 5.26 Å². The third-order valence-electron chi connectivity index (χ3n) is 1.15. The smallest absolute Gasteiger partial charge is 0.184 e. The molecule has 0 radical (unpaired) electrons. The Labute approximate surface area is 69.2 Å². The number of methoxy groups -OCH3 is 1. The summed E-state index contributed by atoms with van der Waals surface area (Å²) in [7, 11) is 1.48. The standard InChI is InChI=1S/C7H5ClN2O/c1-11-6-2-3-7(8)10-5(6)4-9/h2-3H,1H3. The lowest BCUT2D eigenvalue weighted by Crippen LogP contribution is -1.90. The predicted molar refractivity (Wildman–Crippen MR) is 40.5 cm³/mol. The molecule has 4 heteroatoms. The number of aromatic nitrogens is 1. The molecule has 3 nitrogen and oxygen atoms in total. The second-order valence-corrected chi connectivity index (χ2v) is 2.18. The van der Waals surface area contributed by atoms with E-state index in [0.717, 1.165) is 0 Å². The fraction of sp³-hybridized carbons (Fsp3) is 0.143. The number of pyridine rings is 1. The molecular formula is C7H5ClN2O. The zero-order valence-electron chi connectivity index (χ0n) is 5.84. The SMILES string of the molecule is COc1ccc(Cl)nc1C#N. The van der Waals surface area contributed by atoms with Crippen LogP contribution in [0.15, 0.2) is 12.1 Å². The maximum Gasteiger partial charge on any atom is 0.184 e. The minimum Gasteiger partial charge on any atom is -0.494 e. The normalized spacial score (nSPS) is 8.82. The maximum atomic E-state index is 8.52. The fourth-order valence-electron chi connectivity index (χ4n) is 0.667. The van der Waals surface area contributed by atoms with Gasteiger partial charge in [-0.15, -0.1) is 0 Å². The molecule has 0 atom stereocenters. The molecular weight excluding hydrogens is 164 g/mol. The number of ether oxygens (including phenoxy) is 1. The third kappa shape index (κ3) is 1.60. The van der Waals surface area contributed by atoms with E-state index < -0.39 is 0 Å². The van der Waals surface area contributed by atoms with Crippen molar-refractivity contribution >= 4 is 11.6 Å². The van der Waals surface area contributed by atoms with Gasteiger partial charge in [-0.25, -0.2) is 4.98 Å². The summed E-state index contributed by atoms with van der Waals surface area (Å²) in [6, 6.07) is 5.04. The predicted octanol–water partition coefficient (Wildman–Crippen LogP) is 1.62. The highest BCUT2D eigenvalue weighted by Gasteiger charge is 2.02. The average Bonchev–Trinajstić information content (AvgIpc) is 2.04. The Morgan fingerprint density at radius 3 is 2.91 bits per heavy atom. The van der Waals surface area contributed by atoms with Gasteiger partial charge in [0.15, 0.2) is 11.4 Å². The fourth-order valence-corrected chi connectivity index (χ4v) is 0.815. The average molecular weight is 169 g/mol. The Bertz CT molecular complexity index is 306. The van der Waals surface area contributed by atoms with E-state index in [2.05, 4.69) is 4.98 Å². The number of rotatable bonds is 1. The lowest BCUT2D eigenvalue weighted by Gasteiger charge is -1.99. The van der Waals surface area contributed by atoms with Crippen molar-refractivity contribution in [2.24, 2.45) is 0 Å². The van der Waals surface area contributed by atoms with Gasteiger partial charge in [-0.05, 0) is 12.1 Å². The quantitative estimate of drug-likeness (QED) is 0.599. The Hall–Kier alpha value is -1.27. The molecule has 1 aromatic rings. The van der Waals surface area contributed by atoms with Crippen LogP contribution in [0.3, 0.4) is 0 Å². The lowest BCUT2D eigenvalue weighted by molar-refractivity contribution is 0.411. The highest BCUT2D eigenvalue weighted by molar-refractivity contribution is 6.29. The highest BCUT2D eigenvalue weighted by Crippen LogP contribution is 2.17. The summed E-state index contributed by atoms with van der Waals surface area (Å²) in [6.45, 7) is 0. The van der Waals surface area contributed by atoms with Crippen molar-refractivity contribution in [2.45, 2.75) is 0 Å². The van der Waals surface area contributed by atoms with Crippen LogP contribution in [-0.2, 0) is 0 Å². The number of hydrogen-bond acceptors (Lipinski definition) is 3. The van der Waals surface area contributed by atoms with Gasteiger partial charge in [0.2, 0.25) is 0 Å². The van der Waals surface area contributed by atoms with Gasteiger partial charge in [0.25, 0.3) is 0 Å². The molecule has 0 saturated carbocycles. The van der Waals surface area contributed by atoms with E-state index in [0.29, 0.717) is 10.9 Å². The Morgan fingerprint density at radius 1 is 1.64 bits per heavy atom. The van der Waals surface area contributed by atoms with Crippen LogP contribution < -0.4 is 4.74 Å². The van der Waals surface area contributed by atoms with Crippen molar-refractivity contribution in [3.8, 4) is 11.8 Å². The van der Waals surface area contributed by atoms with E-state index in [9.17, 15) is 0 Å². The first-order valence-corrected chi connectivity index (χ1v) is 3.26. The minimum absolute atomic E-state index is 0.208. The summed E-state index contributed by atoms with van der Waals surface area (Å²) in [5, 5.41) is 8.82. The second-order valence-electron chi connectivity index (χ2n) is 1.80. The van der Waals surface area contributed by atoms with Gasteiger partial charge in [0, 0.05) is 0 Å². The van der Waals surface area contributed by atoms with Crippen molar-refractivity contribution in [3.63, 3.8) is 0 Å². The van der Waals surface area contributed by atoms with Crippen LogP contribution in [0.4, 0.5) is 0 Å². The molecule has 0 spiro atoms. The van der Waals surface area contributed by atoms with E-state index in [1.54, 1.807) is 12.1 Å². The van der Waals surface area contributed by atoms with Crippen LogP contribution in [0.2, 0.25) is 5.15 Å². The molecule has 0 N–H and O–H groups in total. The van der Waals surface area contributed by atoms with Gasteiger partial charge in [0.05, 0.1) is 7.11 Å². The maximum absolute atomic E-state index is 8.52. The molecule has 0 saturated heterocycles. The summed E-state index contributed by atoms with van der Waals surface area (Å²) in [4.78, 5) is 3.74. The molecule has 0 unspecified atom stereocenters. The Morgan fingerprint density at radius 2 is 2.36 bits per heavy atom. The molecule has 1 rings (SSSR count). The molecule has 0 bridgehead atoms. The number of hydrogen-bond donors (Lipinski definition) is 0. The van der Waals surface area contributed by atoms with Crippen LogP contribution >= 0.6 is 11.6 Å². The topological polar surface area (TPSA) is 45.9 Å². The molecule has 0 amide bonds. The minimum atomic E-state index is 0.208. The van der Waals surface area contributed by atoms with Crippen LogP contribution in [0, 0.1) is 11.3 Å². The highest BCUT2D eigenvalue weighted by atomic mass is 35.5. The van der Waals surface area contributed by atoms with Crippen LogP contribution in [0.1, 0.15) is 5.69 Å². The van der Waals surface area contributed by atoms with E-state index in [-0.39, 0.29) is 5.69 Å². The first-order valence-electron chi connectivity index (χ1n) is 2.88. The first kappa shape index (κ1) is 7.83. The summed E-state index contributed by atoms with van der Waals surface area (Å²) in [5.41, 5.74) is 0.208. The van der Waals surface area contributed by atoms with E-state index >= 15 is 0 Å². The number of nitrogens with zero attached hydrogens (tertiary/aromatic N) is 2. The molecule has 56 valence electrons. The first-order chi connectivity index (χ1) is 5.27. The largest absolute Gasteiger partial charge is 0.494 e. The van der Waals surface area contributed by atoms with Crippen molar-refractivity contribution in [1.82, 2.24) is 4.98 Å². The zero-order chi connectivity index (χ0) is 8.27. The zero-order valence-corrected chi connectivity index (χ0v) is 6.59. The molecule has 0 aromatic carbocycles. The molecule has 11 heavy (non-hydrogen) atoms. The summed E-state index contributed by atoms with van der Waals surface area (Å²) in [6.07, 6.45) is 0. The molecule has 1 heterocycles. The van der Waals surface area contributed by atoms with Gasteiger partial charge >= 0.3 is 0 Å².